The van der Waals surface area contributed by atoms with Gasteiger partial charge in [0.1, 0.15) is 0 Å². The average Bonchev–Trinajstić information content (AvgIpc) is 2.77. The van der Waals surface area contributed by atoms with Gasteiger partial charge in [-0.15, -0.1) is 12.4 Å². The monoisotopic (exact) mass is 260 g/mol. The summed E-state index contributed by atoms with van der Waals surface area (Å²) in [6, 6.07) is 0.169. The Morgan fingerprint density at radius 3 is 2.41 bits per heavy atom. The van der Waals surface area contributed by atoms with E-state index in [0.717, 1.165) is 12.5 Å². The lowest BCUT2D eigenvalue weighted by Gasteiger charge is -2.34. The van der Waals surface area contributed by atoms with Crippen molar-refractivity contribution in [1.29, 1.82) is 0 Å². The van der Waals surface area contributed by atoms with E-state index < -0.39 is 0 Å². The van der Waals surface area contributed by atoms with Gasteiger partial charge in [-0.3, -0.25) is 4.79 Å². The van der Waals surface area contributed by atoms with Crippen LogP contribution in [0.2, 0.25) is 0 Å². The molecule has 2 unspecified atom stereocenters. The van der Waals surface area contributed by atoms with E-state index in [2.05, 4.69) is 4.90 Å². The highest BCUT2D eigenvalue weighted by molar-refractivity contribution is 5.85. The summed E-state index contributed by atoms with van der Waals surface area (Å²) in [5.41, 5.74) is 5.72. The Morgan fingerprint density at radius 1 is 1.18 bits per heavy atom. The first-order valence-electron chi connectivity index (χ1n) is 6.76. The zero-order chi connectivity index (χ0) is 11.5. The first kappa shape index (κ1) is 14.8. The van der Waals surface area contributed by atoms with Crippen molar-refractivity contribution >= 4 is 18.3 Å². The summed E-state index contributed by atoms with van der Waals surface area (Å²) >= 11 is 0. The van der Waals surface area contributed by atoms with Crippen molar-refractivity contribution in [3.63, 3.8) is 0 Å². The van der Waals surface area contributed by atoms with Crippen LogP contribution in [0.4, 0.5) is 0 Å². The standard InChI is InChI=1S/C13H24N2O.ClH/c1-10(14)13(16)15-9-5-8-12(15)11-6-3-2-4-7-11;/h10-12H,2-9,14H2,1H3;1H. The van der Waals surface area contributed by atoms with E-state index in [-0.39, 0.29) is 24.4 Å². The molecule has 2 aliphatic rings. The molecule has 0 radical (unpaired) electrons. The van der Waals surface area contributed by atoms with Crippen LogP contribution < -0.4 is 5.73 Å². The Bertz CT molecular complexity index is 252. The van der Waals surface area contributed by atoms with Gasteiger partial charge < -0.3 is 10.6 Å². The van der Waals surface area contributed by atoms with E-state index in [1.165, 1.54) is 44.9 Å². The number of rotatable bonds is 2. The third-order valence-electron chi connectivity index (χ3n) is 4.17. The van der Waals surface area contributed by atoms with Crippen LogP contribution in [0, 0.1) is 5.92 Å². The lowest BCUT2D eigenvalue weighted by Crippen LogP contribution is -2.47. The third-order valence-corrected chi connectivity index (χ3v) is 4.17. The van der Waals surface area contributed by atoms with Crippen molar-refractivity contribution in [2.45, 2.75) is 64.0 Å². The number of carbonyl (C=O) groups is 1. The highest BCUT2D eigenvalue weighted by Gasteiger charge is 2.35. The maximum absolute atomic E-state index is 12.0. The van der Waals surface area contributed by atoms with Crippen molar-refractivity contribution in [2.75, 3.05) is 6.54 Å². The summed E-state index contributed by atoms with van der Waals surface area (Å²) in [4.78, 5) is 14.1. The number of carbonyl (C=O) groups excluding carboxylic acids is 1. The van der Waals surface area contributed by atoms with Gasteiger partial charge in [0.15, 0.2) is 0 Å². The number of halogens is 1. The predicted octanol–water partition coefficient (Wildman–Crippen LogP) is 2.33. The highest BCUT2D eigenvalue weighted by Crippen LogP contribution is 2.34. The molecule has 0 aromatic carbocycles. The zero-order valence-electron chi connectivity index (χ0n) is 10.7. The van der Waals surface area contributed by atoms with Crippen LogP contribution in [0.3, 0.4) is 0 Å². The molecule has 1 saturated carbocycles. The summed E-state index contributed by atoms with van der Waals surface area (Å²) in [6.45, 7) is 2.74. The Kier molecular flexibility index (Phi) is 5.74. The second kappa shape index (κ2) is 6.60. The molecular formula is C13H25ClN2O. The summed E-state index contributed by atoms with van der Waals surface area (Å²) in [5, 5.41) is 0. The van der Waals surface area contributed by atoms with Gasteiger partial charge in [0.2, 0.25) is 5.91 Å². The van der Waals surface area contributed by atoms with Gasteiger partial charge in [0, 0.05) is 12.6 Å². The Balaban J connectivity index is 0.00000144. The molecule has 0 spiro atoms. The molecule has 0 aromatic rings. The molecule has 1 heterocycles. The maximum Gasteiger partial charge on any atom is 0.239 e. The normalized spacial score (nSPS) is 27.6. The van der Waals surface area contributed by atoms with Crippen LogP contribution in [-0.4, -0.2) is 29.4 Å². The summed E-state index contributed by atoms with van der Waals surface area (Å²) in [6.07, 6.45) is 9.07. The van der Waals surface area contributed by atoms with E-state index in [9.17, 15) is 4.79 Å². The Morgan fingerprint density at radius 2 is 1.82 bits per heavy atom. The van der Waals surface area contributed by atoms with E-state index in [0.29, 0.717) is 6.04 Å². The van der Waals surface area contributed by atoms with Gasteiger partial charge >= 0.3 is 0 Å². The number of likely N-dealkylation sites (tertiary alicyclic amines) is 1. The van der Waals surface area contributed by atoms with Gasteiger partial charge in [-0.05, 0) is 38.5 Å². The molecule has 3 nitrogen and oxygen atoms in total. The number of nitrogens with two attached hydrogens (primary N) is 1. The third kappa shape index (κ3) is 3.35. The smallest absolute Gasteiger partial charge is 0.239 e. The first-order chi connectivity index (χ1) is 7.70. The van der Waals surface area contributed by atoms with Crippen LogP contribution >= 0.6 is 12.4 Å². The minimum atomic E-state index is -0.329. The van der Waals surface area contributed by atoms with Crippen molar-refractivity contribution in [3.05, 3.63) is 0 Å². The lowest BCUT2D eigenvalue weighted by molar-refractivity contribution is -0.134. The largest absolute Gasteiger partial charge is 0.338 e. The Labute approximate surface area is 111 Å². The molecule has 0 bridgehead atoms. The molecule has 0 aromatic heterocycles. The van der Waals surface area contributed by atoms with Gasteiger partial charge in [-0.25, -0.2) is 0 Å². The van der Waals surface area contributed by atoms with Crippen LogP contribution in [0.5, 0.6) is 0 Å². The topological polar surface area (TPSA) is 46.3 Å². The van der Waals surface area contributed by atoms with E-state index in [1.54, 1.807) is 6.92 Å². The summed E-state index contributed by atoms with van der Waals surface area (Å²) < 4.78 is 0. The van der Waals surface area contributed by atoms with Crippen molar-refractivity contribution in [3.8, 4) is 0 Å². The van der Waals surface area contributed by atoms with Crippen molar-refractivity contribution in [1.82, 2.24) is 4.90 Å². The number of amides is 1. The molecular weight excluding hydrogens is 236 g/mol. The molecule has 1 aliphatic heterocycles. The van der Waals surface area contributed by atoms with E-state index in [1.807, 2.05) is 0 Å². The molecule has 2 N–H and O–H groups in total. The van der Waals surface area contributed by atoms with Crippen LogP contribution in [0.1, 0.15) is 51.9 Å². The van der Waals surface area contributed by atoms with Crippen molar-refractivity contribution in [2.24, 2.45) is 11.7 Å². The minimum Gasteiger partial charge on any atom is -0.338 e. The highest BCUT2D eigenvalue weighted by atomic mass is 35.5. The van der Waals surface area contributed by atoms with E-state index >= 15 is 0 Å². The van der Waals surface area contributed by atoms with Gasteiger partial charge in [-0.2, -0.15) is 0 Å². The molecule has 1 saturated heterocycles. The molecule has 17 heavy (non-hydrogen) atoms. The quantitative estimate of drug-likeness (QED) is 0.828. The minimum absolute atomic E-state index is 0. The molecule has 2 atom stereocenters. The average molecular weight is 261 g/mol. The lowest BCUT2D eigenvalue weighted by atomic mass is 9.83. The molecule has 4 heteroatoms. The molecule has 100 valence electrons. The SMILES string of the molecule is CC(N)C(=O)N1CCCC1C1CCCCC1.Cl. The van der Waals surface area contributed by atoms with Crippen LogP contribution in [0.15, 0.2) is 0 Å². The molecule has 2 fully saturated rings. The number of nitrogens with zero attached hydrogens (tertiary/aromatic N) is 1. The van der Waals surface area contributed by atoms with Gasteiger partial charge in [0.05, 0.1) is 6.04 Å². The summed E-state index contributed by atoms with van der Waals surface area (Å²) in [7, 11) is 0. The second-order valence-electron chi connectivity index (χ2n) is 5.43. The maximum atomic E-state index is 12.0. The number of hydrogen-bond donors (Lipinski definition) is 1. The summed E-state index contributed by atoms with van der Waals surface area (Å²) in [5.74, 6) is 0.909. The van der Waals surface area contributed by atoms with E-state index in [4.69, 9.17) is 5.73 Å². The molecule has 1 amide bonds. The van der Waals surface area contributed by atoms with Crippen LogP contribution in [0.25, 0.3) is 0 Å². The van der Waals surface area contributed by atoms with Gasteiger partial charge in [0.25, 0.3) is 0 Å². The van der Waals surface area contributed by atoms with Gasteiger partial charge in [-0.1, -0.05) is 19.3 Å². The number of hydrogen-bond acceptors (Lipinski definition) is 2. The zero-order valence-corrected chi connectivity index (χ0v) is 11.5. The fraction of sp³-hybridized carbons (Fsp3) is 0.923. The second-order valence-corrected chi connectivity index (χ2v) is 5.43. The fourth-order valence-electron chi connectivity index (χ4n) is 3.34. The van der Waals surface area contributed by atoms with Crippen molar-refractivity contribution < 1.29 is 4.79 Å². The fourth-order valence-corrected chi connectivity index (χ4v) is 3.34. The molecule has 1 aliphatic carbocycles. The molecule has 2 rings (SSSR count). The first-order valence-corrected chi connectivity index (χ1v) is 6.76. The Hall–Kier alpha value is -0.280. The van der Waals surface area contributed by atoms with Crippen LogP contribution in [-0.2, 0) is 4.79 Å². The predicted molar refractivity (Wildman–Crippen MR) is 72.2 cm³/mol.